The van der Waals surface area contributed by atoms with E-state index in [1.165, 1.54) is 12.8 Å². The average molecular weight is 232 g/mol. The third-order valence-corrected chi connectivity index (χ3v) is 3.56. The van der Waals surface area contributed by atoms with Crippen molar-refractivity contribution in [1.82, 2.24) is 5.32 Å². The Morgan fingerprint density at radius 1 is 1.24 bits per heavy atom. The molecule has 1 amide bonds. The number of hydrogen-bond donors (Lipinski definition) is 2. The summed E-state index contributed by atoms with van der Waals surface area (Å²) in [5.74, 6) is 0.0866. The SMILES string of the molecule is NCC1(NC(=O)Cc2ccccc2)CCCC1. The number of amides is 1. The molecule has 0 bridgehead atoms. The van der Waals surface area contributed by atoms with E-state index in [0.717, 1.165) is 18.4 Å². The summed E-state index contributed by atoms with van der Waals surface area (Å²) in [6, 6.07) is 9.82. The number of rotatable bonds is 4. The highest BCUT2D eigenvalue weighted by Crippen LogP contribution is 2.28. The lowest BCUT2D eigenvalue weighted by Gasteiger charge is -2.28. The van der Waals surface area contributed by atoms with Crippen LogP contribution in [0.5, 0.6) is 0 Å². The summed E-state index contributed by atoms with van der Waals surface area (Å²) < 4.78 is 0. The maximum absolute atomic E-state index is 12.0. The van der Waals surface area contributed by atoms with E-state index in [0.29, 0.717) is 13.0 Å². The van der Waals surface area contributed by atoms with Crippen LogP contribution >= 0.6 is 0 Å². The van der Waals surface area contributed by atoms with E-state index in [-0.39, 0.29) is 11.4 Å². The van der Waals surface area contributed by atoms with E-state index in [9.17, 15) is 4.79 Å². The number of nitrogens with two attached hydrogens (primary N) is 1. The molecule has 0 heterocycles. The van der Waals surface area contributed by atoms with E-state index in [1.54, 1.807) is 0 Å². The van der Waals surface area contributed by atoms with Crippen molar-refractivity contribution in [2.45, 2.75) is 37.6 Å². The molecule has 92 valence electrons. The molecule has 1 saturated carbocycles. The van der Waals surface area contributed by atoms with Gasteiger partial charge in [-0.15, -0.1) is 0 Å². The van der Waals surface area contributed by atoms with Crippen LogP contribution in [0.3, 0.4) is 0 Å². The van der Waals surface area contributed by atoms with Gasteiger partial charge in [-0.1, -0.05) is 43.2 Å². The van der Waals surface area contributed by atoms with Gasteiger partial charge in [0.25, 0.3) is 0 Å². The summed E-state index contributed by atoms with van der Waals surface area (Å²) in [5, 5.41) is 3.13. The topological polar surface area (TPSA) is 55.1 Å². The van der Waals surface area contributed by atoms with Crippen molar-refractivity contribution in [1.29, 1.82) is 0 Å². The first kappa shape index (κ1) is 12.1. The number of hydrogen-bond acceptors (Lipinski definition) is 2. The maximum atomic E-state index is 12.0. The van der Waals surface area contributed by atoms with E-state index in [1.807, 2.05) is 30.3 Å². The second-order valence-electron chi connectivity index (χ2n) is 4.90. The summed E-state index contributed by atoms with van der Waals surface area (Å²) in [6.45, 7) is 0.549. The summed E-state index contributed by atoms with van der Waals surface area (Å²) in [7, 11) is 0. The van der Waals surface area contributed by atoms with E-state index in [2.05, 4.69) is 5.32 Å². The highest BCUT2D eigenvalue weighted by molar-refractivity contribution is 5.79. The van der Waals surface area contributed by atoms with Crippen LogP contribution in [0.25, 0.3) is 0 Å². The molecule has 0 spiro atoms. The summed E-state index contributed by atoms with van der Waals surface area (Å²) in [5.41, 5.74) is 6.71. The Morgan fingerprint density at radius 3 is 2.47 bits per heavy atom. The molecule has 1 aromatic carbocycles. The molecule has 3 N–H and O–H groups in total. The van der Waals surface area contributed by atoms with Gasteiger partial charge < -0.3 is 11.1 Å². The van der Waals surface area contributed by atoms with Crippen LogP contribution in [0.15, 0.2) is 30.3 Å². The minimum Gasteiger partial charge on any atom is -0.349 e. The number of carbonyl (C=O) groups excluding carboxylic acids is 1. The van der Waals surface area contributed by atoms with Crippen molar-refractivity contribution in [3.05, 3.63) is 35.9 Å². The second kappa shape index (κ2) is 5.32. The zero-order valence-electron chi connectivity index (χ0n) is 10.1. The normalized spacial score (nSPS) is 17.9. The number of benzene rings is 1. The number of nitrogens with one attached hydrogen (secondary N) is 1. The zero-order chi connectivity index (χ0) is 12.1. The van der Waals surface area contributed by atoms with Crippen LogP contribution in [-0.2, 0) is 11.2 Å². The lowest BCUT2D eigenvalue weighted by Crippen LogP contribution is -2.52. The first-order valence-electron chi connectivity index (χ1n) is 6.29. The molecule has 3 nitrogen and oxygen atoms in total. The standard InChI is InChI=1S/C14H20N2O/c15-11-14(8-4-5-9-14)16-13(17)10-12-6-2-1-3-7-12/h1-3,6-7H,4-5,8-11,15H2,(H,16,17). The number of carbonyl (C=O) groups is 1. The van der Waals surface area contributed by atoms with Gasteiger partial charge in [0.15, 0.2) is 0 Å². The van der Waals surface area contributed by atoms with Crippen LogP contribution in [0.2, 0.25) is 0 Å². The second-order valence-corrected chi connectivity index (χ2v) is 4.90. The molecule has 17 heavy (non-hydrogen) atoms. The Labute approximate surface area is 102 Å². The fourth-order valence-electron chi connectivity index (χ4n) is 2.55. The van der Waals surface area contributed by atoms with Gasteiger partial charge >= 0.3 is 0 Å². The lowest BCUT2D eigenvalue weighted by atomic mass is 9.97. The molecule has 3 heteroatoms. The molecular formula is C14H20N2O. The van der Waals surface area contributed by atoms with E-state index < -0.39 is 0 Å². The van der Waals surface area contributed by atoms with Crippen LogP contribution in [-0.4, -0.2) is 18.0 Å². The molecule has 0 aromatic heterocycles. The molecule has 1 aromatic rings. The van der Waals surface area contributed by atoms with Gasteiger partial charge in [-0.25, -0.2) is 0 Å². The molecule has 1 aliphatic carbocycles. The molecule has 1 fully saturated rings. The Bertz CT molecular complexity index is 369. The Hall–Kier alpha value is -1.35. The van der Waals surface area contributed by atoms with Crippen molar-refractivity contribution in [3.63, 3.8) is 0 Å². The monoisotopic (exact) mass is 232 g/mol. The molecule has 2 rings (SSSR count). The van der Waals surface area contributed by atoms with Crippen molar-refractivity contribution >= 4 is 5.91 Å². The van der Waals surface area contributed by atoms with Crippen LogP contribution in [0.4, 0.5) is 0 Å². The Balaban J connectivity index is 1.93. The highest BCUT2D eigenvalue weighted by atomic mass is 16.1. The molecule has 0 saturated heterocycles. The smallest absolute Gasteiger partial charge is 0.224 e. The lowest BCUT2D eigenvalue weighted by molar-refractivity contribution is -0.122. The van der Waals surface area contributed by atoms with Crippen molar-refractivity contribution < 1.29 is 4.79 Å². The fraction of sp³-hybridized carbons (Fsp3) is 0.500. The quantitative estimate of drug-likeness (QED) is 0.828. The van der Waals surface area contributed by atoms with Crippen LogP contribution in [0.1, 0.15) is 31.2 Å². The molecule has 0 radical (unpaired) electrons. The van der Waals surface area contributed by atoms with Crippen molar-refractivity contribution in [2.24, 2.45) is 5.73 Å². The van der Waals surface area contributed by atoms with Gasteiger partial charge in [-0.3, -0.25) is 4.79 Å². The van der Waals surface area contributed by atoms with Crippen LogP contribution in [0, 0.1) is 0 Å². The Kier molecular flexibility index (Phi) is 3.79. The van der Waals surface area contributed by atoms with E-state index >= 15 is 0 Å². The predicted octanol–water partition coefficient (Wildman–Crippen LogP) is 1.62. The van der Waals surface area contributed by atoms with Crippen molar-refractivity contribution in [3.8, 4) is 0 Å². The van der Waals surface area contributed by atoms with Gasteiger partial charge in [0.1, 0.15) is 0 Å². The first-order chi connectivity index (χ1) is 8.24. The minimum atomic E-state index is -0.133. The van der Waals surface area contributed by atoms with Gasteiger partial charge in [0, 0.05) is 6.54 Å². The summed E-state index contributed by atoms with van der Waals surface area (Å²) in [4.78, 5) is 12.0. The summed E-state index contributed by atoms with van der Waals surface area (Å²) in [6.07, 6.45) is 4.82. The van der Waals surface area contributed by atoms with Crippen molar-refractivity contribution in [2.75, 3.05) is 6.54 Å². The first-order valence-corrected chi connectivity index (χ1v) is 6.29. The minimum absolute atomic E-state index is 0.0866. The summed E-state index contributed by atoms with van der Waals surface area (Å²) >= 11 is 0. The largest absolute Gasteiger partial charge is 0.349 e. The molecule has 1 aliphatic rings. The van der Waals surface area contributed by atoms with Crippen LogP contribution < -0.4 is 11.1 Å². The maximum Gasteiger partial charge on any atom is 0.224 e. The van der Waals surface area contributed by atoms with Gasteiger partial charge in [-0.2, -0.15) is 0 Å². The molecular weight excluding hydrogens is 212 g/mol. The molecule has 0 unspecified atom stereocenters. The van der Waals surface area contributed by atoms with Gasteiger partial charge in [0.05, 0.1) is 12.0 Å². The molecule has 0 aliphatic heterocycles. The fourth-order valence-corrected chi connectivity index (χ4v) is 2.55. The predicted molar refractivity (Wildman–Crippen MR) is 68.5 cm³/mol. The van der Waals surface area contributed by atoms with E-state index in [4.69, 9.17) is 5.73 Å². The van der Waals surface area contributed by atoms with Gasteiger partial charge in [-0.05, 0) is 18.4 Å². The Morgan fingerprint density at radius 2 is 1.88 bits per heavy atom. The highest BCUT2D eigenvalue weighted by Gasteiger charge is 2.33. The van der Waals surface area contributed by atoms with Gasteiger partial charge in [0.2, 0.25) is 5.91 Å². The average Bonchev–Trinajstić information content (AvgIpc) is 2.79. The zero-order valence-corrected chi connectivity index (χ0v) is 10.1. The third kappa shape index (κ3) is 3.07. The molecule has 0 atom stereocenters. The third-order valence-electron chi connectivity index (χ3n) is 3.56.